The van der Waals surface area contributed by atoms with Crippen molar-refractivity contribution in [2.75, 3.05) is 0 Å². The molecule has 0 aliphatic heterocycles. The van der Waals surface area contributed by atoms with Gasteiger partial charge < -0.3 is 0 Å². The SMILES string of the molecule is Clc1ccccc1Cn1cc(I)cn1. The number of nitrogens with zero attached hydrogens (tertiary/aromatic N) is 2. The van der Waals surface area contributed by atoms with Gasteiger partial charge in [-0.25, -0.2) is 0 Å². The summed E-state index contributed by atoms with van der Waals surface area (Å²) >= 11 is 8.27. The zero-order valence-electron chi connectivity index (χ0n) is 7.32. The van der Waals surface area contributed by atoms with E-state index in [9.17, 15) is 0 Å². The van der Waals surface area contributed by atoms with Gasteiger partial charge in [-0.1, -0.05) is 29.8 Å². The van der Waals surface area contributed by atoms with E-state index in [1.807, 2.05) is 41.3 Å². The third-order valence-corrected chi connectivity index (χ3v) is 2.82. The maximum Gasteiger partial charge on any atom is 0.0674 e. The standard InChI is InChI=1S/C10H8ClIN2/c11-10-4-2-1-3-8(10)6-14-7-9(12)5-13-14/h1-5,7H,6H2. The van der Waals surface area contributed by atoms with Crippen LogP contribution in [-0.4, -0.2) is 9.78 Å². The molecule has 0 aliphatic carbocycles. The Kier molecular flexibility index (Phi) is 3.08. The van der Waals surface area contributed by atoms with Crippen molar-refractivity contribution in [2.45, 2.75) is 6.54 Å². The average molecular weight is 319 g/mol. The van der Waals surface area contributed by atoms with Gasteiger partial charge in [0.15, 0.2) is 0 Å². The third kappa shape index (κ3) is 2.27. The lowest BCUT2D eigenvalue weighted by Gasteiger charge is -2.03. The number of rotatable bonds is 2. The van der Waals surface area contributed by atoms with Crippen molar-refractivity contribution in [3.63, 3.8) is 0 Å². The summed E-state index contributed by atoms with van der Waals surface area (Å²) in [5.74, 6) is 0. The van der Waals surface area contributed by atoms with E-state index in [-0.39, 0.29) is 0 Å². The van der Waals surface area contributed by atoms with Gasteiger partial charge in [-0.05, 0) is 34.2 Å². The summed E-state index contributed by atoms with van der Waals surface area (Å²) in [7, 11) is 0. The zero-order valence-corrected chi connectivity index (χ0v) is 10.2. The van der Waals surface area contributed by atoms with E-state index < -0.39 is 0 Å². The summed E-state index contributed by atoms with van der Waals surface area (Å²) in [5, 5.41) is 4.99. The first-order chi connectivity index (χ1) is 6.75. The fraction of sp³-hybridized carbons (Fsp3) is 0.100. The first-order valence-corrected chi connectivity index (χ1v) is 5.63. The van der Waals surface area contributed by atoms with Crippen LogP contribution in [0, 0.1) is 3.57 Å². The predicted molar refractivity (Wildman–Crippen MR) is 65.5 cm³/mol. The molecule has 2 aromatic rings. The zero-order chi connectivity index (χ0) is 9.97. The van der Waals surface area contributed by atoms with Gasteiger partial charge in [-0.15, -0.1) is 0 Å². The van der Waals surface area contributed by atoms with Crippen LogP contribution in [0.2, 0.25) is 5.02 Å². The molecular formula is C10H8ClIN2. The van der Waals surface area contributed by atoms with E-state index in [0.717, 1.165) is 20.7 Å². The summed E-state index contributed by atoms with van der Waals surface area (Å²) in [6.45, 7) is 0.725. The molecule has 0 saturated carbocycles. The first kappa shape index (κ1) is 9.98. The van der Waals surface area contributed by atoms with Crippen molar-refractivity contribution < 1.29 is 0 Å². The monoisotopic (exact) mass is 318 g/mol. The predicted octanol–water partition coefficient (Wildman–Crippen LogP) is 3.19. The second-order valence-electron chi connectivity index (χ2n) is 2.95. The highest BCUT2D eigenvalue weighted by atomic mass is 127. The highest BCUT2D eigenvalue weighted by molar-refractivity contribution is 14.1. The van der Waals surface area contributed by atoms with Gasteiger partial charge in [0.1, 0.15) is 0 Å². The summed E-state index contributed by atoms with van der Waals surface area (Å²) in [6.07, 6.45) is 3.82. The van der Waals surface area contributed by atoms with Crippen LogP contribution < -0.4 is 0 Å². The quantitative estimate of drug-likeness (QED) is 0.778. The number of aromatic nitrogens is 2. The molecule has 0 unspecified atom stereocenters. The van der Waals surface area contributed by atoms with Gasteiger partial charge in [-0.3, -0.25) is 4.68 Å². The Hall–Kier alpha value is -0.550. The largest absolute Gasteiger partial charge is 0.267 e. The molecule has 0 spiro atoms. The summed E-state index contributed by atoms with van der Waals surface area (Å²) in [6, 6.07) is 7.82. The molecule has 2 rings (SSSR count). The van der Waals surface area contributed by atoms with Gasteiger partial charge in [0.05, 0.1) is 16.3 Å². The van der Waals surface area contributed by atoms with E-state index in [4.69, 9.17) is 11.6 Å². The lowest BCUT2D eigenvalue weighted by atomic mass is 10.2. The Balaban J connectivity index is 2.23. The van der Waals surface area contributed by atoms with Gasteiger partial charge >= 0.3 is 0 Å². The Bertz CT molecular complexity index is 439. The Morgan fingerprint density at radius 2 is 2.14 bits per heavy atom. The van der Waals surface area contributed by atoms with Crippen molar-refractivity contribution >= 4 is 34.2 Å². The molecule has 2 nitrogen and oxygen atoms in total. The van der Waals surface area contributed by atoms with E-state index in [0.29, 0.717) is 0 Å². The van der Waals surface area contributed by atoms with Crippen molar-refractivity contribution in [1.82, 2.24) is 9.78 Å². The molecule has 0 fully saturated rings. The molecule has 0 amide bonds. The summed E-state index contributed by atoms with van der Waals surface area (Å²) in [5.41, 5.74) is 1.09. The molecular weight excluding hydrogens is 310 g/mol. The molecule has 4 heteroatoms. The van der Waals surface area contributed by atoms with Crippen LogP contribution in [0.25, 0.3) is 0 Å². The molecule has 0 N–H and O–H groups in total. The van der Waals surface area contributed by atoms with Gasteiger partial charge in [-0.2, -0.15) is 5.10 Å². The molecule has 1 aromatic heterocycles. The molecule has 72 valence electrons. The Morgan fingerprint density at radius 3 is 2.79 bits per heavy atom. The van der Waals surface area contributed by atoms with Crippen molar-refractivity contribution in [3.8, 4) is 0 Å². The average Bonchev–Trinajstić information content (AvgIpc) is 2.56. The van der Waals surface area contributed by atoms with Crippen LogP contribution >= 0.6 is 34.2 Å². The molecule has 14 heavy (non-hydrogen) atoms. The van der Waals surface area contributed by atoms with Crippen LogP contribution in [0.3, 0.4) is 0 Å². The minimum Gasteiger partial charge on any atom is -0.267 e. The second kappa shape index (κ2) is 4.31. The fourth-order valence-electron chi connectivity index (χ4n) is 1.23. The van der Waals surface area contributed by atoms with E-state index >= 15 is 0 Å². The number of benzene rings is 1. The minimum absolute atomic E-state index is 0.725. The molecule has 0 aliphatic rings. The molecule has 0 radical (unpaired) electrons. The van der Waals surface area contributed by atoms with Gasteiger partial charge in [0.2, 0.25) is 0 Å². The topological polar surface area (TPSA) is 17.8 Å². The van der Waals surface area contributed by atoms with Crippen molar-refractivity contribution in [2.24, 2.45) is 0 Å². The van der Waals surface area contributed by atoms with Crippen molar-refractivity contribution in [3.05, 3.63) is 50.8 Å². The van der Waals surface area contributed by atoms with Crippen molar-refractivity contribution in [1.29, 1.82) is 0 Å². The lowest BCUT2D eigenvalue weighted by Crippen LogP contribution is -2.00. The molecule has 0 atom stereocenters. The normalized spacial score (nSPS) is 10.4. The number of hydrogen-bond acceptors (Lipinski definition) is 1. The summed E-state index contributed by atoms with van der Waals surface area (Å²) < 4.78 is 3.01. The van der Waals surface area contributed by atoms with Gasteiger partial charge in [0, 0.05) is 11.2 Å². The fourth-order valence-corrected chi connectivity index (χ4v) is 1.87. The number of halogens is 2. The second-order valence-corrected chi connectivity index (χ2v) is 4.60. The van der Waals surface area contributed by atoms with Crippen LogP contribution in [0.4, 0.5) is 0 Å². The van der Waals surface area contributed by atoms with E-state index in [1.54, 1.807) is 0 Å². The third-order valence-electron chi connectivity index (χ3n) is 1.89. The van der Waals surface area contributed by atoms with E-state index in [1.165, 1.54) is 0 Å². The first-order valence-electron chi connectivity index (χ1n) is 4.17. The minimum atomic E-state index is 0.725. The van der Waals surface area contributed by atoms with Gasteiger partial charge in [0.25, 0.3) is 0 Å². The maximum atomic E-state index is 6.04. The Labute approximate surface area is 101 Å². The molecule has 0 bridgehead atoms. The smallest absolute Gasteiger partial charge is 0.0674 e. The molecule has 0 saturated heterocycles. The highest BCUT2D eigenvalue weighted by Gasteiger charge is 2.00. The molecule has 1 heterocycles. The van der Waals surface area contributed by atoms with Crippen LogP contribution in [-0.2, 0) is 6.54 Å². The summed E-state index contributed by atoms with van der Waals surface area (Å²) in [4.78, 5) is 0. The van der Waals surface area contributed by atoms with Crippen LogP contribution in [0.1, 0.15) is 5.56 Å². The van der Waals surface area contributed by atoms with E-state index in [2.05, 4.69) is 27.7 Å². The van der Waals surface area contributed by atoms with Crippen LogP contribution in [0.5, 0.6) is 0 Å². The highest BCUT2D eigenvalue weighted by Crippen LogP contribution is 2.16. The lowest BCUT2D eigenvalue weighted by molar-refractivity contribution is 0.687. The number of hydrogen-bond donors (Lipinski definition) is 0. The molecule has 1 aromatic carbocycles. The Morgan fingerprint density at radius 1 is 1.36 bits per heavy atom. The maximum absolute atomic E-state index is 6.04. The van der Waals surface area contributed by atoms with Crippen LogP contribution in [0.15, 0.2) is 36.7 Å².